The smallest absolute Gasteiger partial charge is 0.417 e. The summed E-state index contributed by atoms with van der Waals surface area (Å²) >= 11 is 1.31. The van der Waals surface area contributed by atoms with Gasteiger partial charge in [-0.2, -0.15) is 13.2 Å². The number of thioether (sulfide) groups is 1. The SMILES string of the molecule is C=C(C)C(=O)OCC(O)CSc1ccc2cc(-c3ccc(C)cc3C(F)(F)F)oc2c1. The van der Waals surface area contributed by atoms with Crippen LogP contribution in [0, 0.1) is 6.92 Å². The number of hydrogen-bond donors (Lipinski definition) is 1. The fourth-order valence-corrected chi connectivity index (χ4v) is 3.71. The van der Waals surface area contributed by atoms with Crippen LogP contribution in [0.15, 0.2) is 63.9 Å². The van der Waals surface area contributed by atoms with E-state index in [1.54, 1.807) is 37.3 Å². The molecule has 0 amide bonds. The molecule has 1 atom stereocenters. The van der Waals surface area contributed by atoms with Gasteiger partial charge in [0, 0.05) is 27.2 Å². The van der Waals surface area contributed by atoms with Crippen molar-refractivity contribution in [3.05, 3.63) is 65.7 Å². The van der Waals surface area contributed by atoms with Crippen molar-refractivity contribution in [2.24, 2.45) is 0 Å². The Hall–Kier alpha value is -2.71. The number of benzene rings is 2. The number of carbonyl (C=O) groups is 1. The number of aryl methyl sites for hydroxylation is 1. The summed E-state index contributed by atoms with van der Waals surface area (Å²) in [5.41, 5.74) is 0.447. The fraction of sp³-hybridized carbons (Fsp3) is 0.261. The Bertz CT molecular complexity index is 1120. The topological polar surface area (TPSA) is 59.7 Å². The zero-order valence-corrected chi connectivity index (χ0v) is 17.8. The first-order valence-corrected chi connectivity index (χ1v) is 10.4. The third kappa shape index (κ3) is 5.71. The maximum absolute atomic E-state index is 13.5. The molecule has 164 valence electrons. The van der Waals surface area contributed by atoms with Gasteiger partial charge in [-0.3, -0.25) is 0 Å². The van der Waals surface area contributed by atoms with E-state index in [1.807, 2.05) is 0 Å². The molecule has 1 N–H and O–H groups in total. The second-order valence-electron chi connectivity index (χ2n) is 7.20. The van der Waals surface area contributed by atoms with Crippen molar-refractivity contribution in [1.29, 1.82) is 0 Å². The zero-order valence-electron chi connectivity index (χ0n) is 17.0. The van der Waals surface area contributed by atoms with Crippen LogP contribution in [0.1, 0.15) is 18.1 Å². The highest BCUT2D eigenvalue weighted by Gasteiger charge is 2.34. The summed E-state index contributed by atoms with van der Waals surface area (Å²) in [5, 5.41) is 10.6. The number of halogens is 3. The molecule has 0 bridgehead atoms. The molecule has 31 heavy (non-hydrogen) atoms. The van der Waals surface area contributed by atoms with E-state index >= 15 is 0 Å². The monoisotopic (exact) mass is 450 g/mol. The van der Waals surface area contributed by atoms with Gasteiger partial charge in [0.2, 0.25) is 0 Å². The number of carbonyl (C=O) groups excluding carboxylic acids is 1. The first-order chi connectivity index (χ1) is 14.5. The van der Waals surface area contributed by atoms with E-state index < -0.39 is 23.8 Å². The van der Waals surface area contributed by atoms with Gasteiger partial charge >= 0.3 is 12.1 Å². The van der Waals surface area contributed by atoms with Crippen LogP contribution >= 0.6 is 11.8 Å². The Morgan fingerprint density at radius 2 is 1.97 bits per heavy atom. The predicted octanol–water partition coefficient (Wildman–Crippen LogP) is 6.00. The van der Waals surface area contributed by atoms with Crippen LogP contribution in [0.3, 0.4) is 0 Å². The van der Waals surface area contributed by atoms with E-state index in [0.29, 0.717) is 16.5 Å². The minimum atomic E-state index is -4.49. The van der Waals surface area contributed by atoms with Crippen molar-refractivity contribution >= 4 is 28.7 Å². The van der Waals surface area contributed by atoms with Crippen molar-refractivity contribution in [3.63, 3.8) is 0 Å². The second kappa shape index (κ2) is 9.20. The van der Waals surface area contributed by atoms with Gasteiger partial charge in [-0.05, 0) is 44.2 Å². The molecule has 3 rings (SSSR count). The summed E-state index contributed by atoms with van der Waals surface area (Å²) < 4.78 is 51.0. The Morgan fingerprint density at radius 1 is 1.23 bits per heavy atom. The van der Waals surface area contributed by atoms with Gasteiger partial charge < -0.3 is 14.3 Å². The number of aliphatic hydroxyl groups excluding tert-OH is 1. The van der Waals surface area contributed by atoms with E-state index in [2.05, 4.69) is 6.58 Å². The number of alkyl halides is 3. The molecule has 8 heteroatoms. The number of rotatable bonds is 7. The van der Waals surface area contributed by atoms with E-state index in [4.69, 9.17) is 9.15 Å². The van der Waals surface area contributed by atoms with Crippen LogP contribution in [-0.4, -0.2) is 29.5 Å². The molecule has 4 nitrogen and oxygen atoms in total. The fourth-order valence-electron chi connectivity index (χ4n) is 2.88. The van der Waals surface area contributed by atoms with Crippen LogP contribution in [-0.2, 0) is 15.7 Å². The lowest BCUT2D eigenvalue weighted by Gasteiger charge is -2.12. The highest BCUT2D eigenvalue weighted by molar-refractivity contribution is 7.99. The Labute approximate surface area is 181 Å². The summed E-state index contributed by atoms with van der Waals surface area (Å²) in [4.78, 5) is 12.1. The number of esters is 1. The Morgan fingerprint density at radius 3 is 2.65 bits per heavy atom. The highest BCUT2D eigenvalue weighted by atomic mass is 32.2. The molecule has 1 aromatic heterocycles. The van der Waals surface area contributed by atoms with Crippen LogP contribution < -0.4 is 0 Å². The summed E-state index contributed by atoms with van der Waals surface area (Å²) in [5.74, 6) is -0.169. The number of ether oxygens (including phenoxy) is 1. The first kappa shape index (κ1) is 23.0. The molecule has 0 saturated heterocycles. The molecule has 1 heterocycles. The molecule has 0 spiro atoms. The maximum Gasteiger partial charge on any atom is 0.417 e. The summed E-state index contributed by atoms with van der Waals surface area (Å²) in [6, 6.07) is 11.0. The lowest BCUT2D eigenvalue weighted by atomic mass is 10.0. The van der Waals surface area contributed by atoms with E-state index in [1.165, 1.54) is 24.8 Å². The minimum Gasteiger partial charge on any atom is -0.460 e. The summed E-state index contributed by atoms with van der Waals surface area (Å²) in [6.45, 7) is 6.44. The largest absolute Gasteiger partial charge is 0.460 e. The standard InChI is InChI=1S/C23H21F3O4S/c1-13(2)22(28)29-11-16(27)12-31-17-6-5-15-9-21(30-20(15)10-17)18-7-4-14(3)8-19(18)23(24,25)26/h4-10,16,27H,1,11-12H2,2-3H3. The van der Waals surface area contributed by atoms with Crippen molar-refractivity contribution in [2.75, 3.05) is 12.4 Å². The molecule has 0 aliphatic carbocycles. The number of fused-ring (bicyclic) bond motifs is 1. The predicted molar refractivity (Wildman–Crippen MR) is 114 cm³/mol. The van der Waals surface area contributed by atoms with Gasteiger partial charge in [0.1, 0.15) is 18.0 Å². The summed E-state index contributed by atoms with van der Waals surface area (Å²) in [6.07, 6.45) is -5.37. The summed E-state index contributed by atoms with van der Waals surface area (Å²) in [7, 11) is 0. The van der Waals surface area contributed by atoms with Gasteiger partial charge in [0.25, 0.3) is 0 Å². The maximum atomic E-state index is 13.5. The molecule has 2 aromatic carbocycles. The molecular formula is C23H21F3O4S. The van der Waals surface area contributed by atoms with Gasteiger partial charge in [-0.15, -0.1) is 11.8 Å². The van der Waals surface area contributed by atoms with Gasteiger partial charge in [0.15, 0.2) is 0 Å². The lowest BCUT2D eigenvalue weighted by molar-refractivity contribution is -0.141. The van der Waals surface area contributed by atoms with Crippen LogP contribution in [0.5, 0.6) is 0 Å². The van der Waals surface area contributed by atoms with Gasteiger partial charge in [0.05, 0.1) is 11.7 Å². The van der Waals surface area contributed by atoms with Gasteiger partial charge in [-0.25, -0.2) is 4.79 Å². The van der Waals surface area contributed by atoms with E-state index in [-0.39, 0.29) is 29.3 Å². The average Bonchev–Trinajstić information content (AvgIpc) is 3.12. The van der Waals surface area contributed by atoms with Crippen molar-refractivity contribution in [3.8, 4) is 11.3 Å². The first-order valence-electron chi connectivity index (χ1n) is 9.40. The molecule has 0 saturated carbocycles. The van der Waals surface area contributed by atoms with Crippen molar-refractivity contribution in [2.45, 2.75) is 31.0 Å². The Balaban J connectivity index is 1.76. The lowest BCUT2D eigenvalue weighted by Crippen LogP contribution is -2.21. The van der Waals surface area contributed by atoms with E-state index in [0.717, 1.165) is 11.0 Å². The highest BCUT2D eigenvalue weighted by Crippen LogP contribution is 2.40. The number of aliphatic hydroxyl groups is 1. The quantitative estimate of drug-likeness (QED) is 0.272. The van der Waals surface area contributed by atoms with Gasteiger partial charge in [-0.1, -0.05) is 24.3 Å². The molecule has 1 unspecified atom stereocenters. The minimum absolute atomic E-state index is 0.0155. The molecule has 0 aliphatic rings. The average molecular weight is 450 g/mol. The zero-order chi connectivity index (χ0) is 22.8. The number of furan rings is 1. The van der Waals surface area contributed by atoms with Crippen LogP contribution in [0.4, 0.5) is 13.2 Å². The molecule has 0 radical (unpaired) electrons. The van der Waals surface area contributed by atoms with Crippen molar-refractivity contribution < 1.29 is 32.2 Å². The Kier molecular flexibility index (Phi) is 6.81. The normalized spacial score (nSPS) is 12.7. The third-order valence-corrected chi connectivity index (χ3v) is 5.57. The van der Waals surface area contributed by atoms with Crippen molar-refractivity contribution in [1.82, 2.24) is 0 Å². The molecular weight excluding hydrogens is 429 g/mol. The third-order valence-electron chi connectivity index (χ3n) is 4.44. The molecule has 0 fully saturated rings. The molecule has 3 aromatic rings. The molecule has 0 aliphatic heterocycles. The van der Waals surface area contributed by atoms with E-state index in [9.17, 15) is 23.1 Å². The van der Waals surface area contributed by atoms with Crippen LogP contribution in [0.2, 0.25) is 0 Å². The number of hydrogen-bond acceptors (Lipinski definition) is 5. The second-order valence-corrected chi connectivity index (χ2v) is 8.29. The van der Waals surface area contributed by atoms with Crippen LogP contribution in [0.25, 0.3) is 22.3 Å².